The molecule has 8 aromatic carbocycles. The molecular weight excluding hydrogens is 627 g/mol. The molecule has 0 aromatic heterocycles. The topological polar surface area (TPSA) is 3.24 Å². The largest absolute Gasteiger partial charge is 0.310 e. The Morgan fingerprint density at radius 2 is 0.712 bits per heavy atom. The van der Waals surface area contributed by atoms with Crippen molar-refractivity contribution in [2.75, 3.05) is 4.90 Å². The highest BCUT2D eigenvalue weighted by atomic mass is 15.1. The quantitative estimate of drug-likeness (QED) is 0.164. The van der Waals surface area contributed by atoms with E-state index in [0.29, 0.717) is 0 Å². The van der Waals surface area contributed by atoms with Crippen LogP contribution in [0.15, 0.2) is 200 Å². The number of rotatable bonds is 7. The Morgan fingerprint density at radius 1 is 0.308 bits per heavy atom. The Morgan fingerprint density at radius 3 is 1.27 bits per heavy atom. The maximum Gasteiger partial charge on any atom is 0.0546 e. The van der Waals surface area contributed by atoms with Crippen LogP contribution in [0, 0.1) is 0 Å². The number of hydrogen-bond acceptors (Lipinski definition) is 1. The molecule has 1 aliphatic rings. The Bertz CT molecular complexity index is 2410. The lowest BCUT2D eigenvalue weighted by Crippen LogP contribution is -2.14. The van der Waals surface area contributed by atoms with Crippen molar-refractivity contribution in [3.63, 3.8) is 0 Å². The monoisotopic (exact) mass is 665 g/mol. The molecule has 1 nitrogen and oxygen atoms in total. The van der Waals surface area contributed by atoms with Gasteiger partial charge in [0.15, 0.2) is 0 Å². The van der Waals surface area contributed by atoms with Crippen molar-refractivity contribution >= 4 is 17.1 Å². The van der Waals surface area contributed by atoms with E-state index in [1.165, 1.54) is 66.8 Å². The van der Waals surface area contributed by atoms with Crippen LogP contribution in [0.3, 0.4) is 0 Å². The third kappa shape index (κ3) is 5.43. The predicted molar refractivity (Wildman–Crippen MR) is 220 cm³/mol. The van der Waals surface area contributed by atoms with Gasteiger partial charge in [-0.25, -0.2) is 0 Å². The van der Waals surface area contributed by atoms with Gasteiger partial charge in [0.1, 0.15) is 0 Å². The molecule has 0 amide bonds. The molecule has 0 unspecified atom stereocenters. The van der Waals surface area contributed by atoms with E-state index in [0.717, 1.165) is 17.1 Å². The molecule has 0 fully saturated rings. The number of anilines is 3. The summed E-state index contributed by atoms with van der Waals surface area (Å²) in [7, 11) is 0. The Hall–Kier alpha value is -6.44. The van der Waals surface area contributed by atoms with Crippen LogP contribution >= 0.6 is 0 Å². The summed E-state index contributed by atoms with van der Waals surface area (Å²) in [5, 5.41) is 0. The predicted octanol–water partition coefficient (Wildman–Crippen LogP) is 14.1. The van der Waals surface area contributed by atoms with Crippen molar-refractivity contribution in [3.8, 4) is 55.6 Å². The highest BCUT2D eigenvalue weighted by molar-refractivity contribution is 6.02. The Balaban J connectivity index is 1.28. The van der Waals surface area contributed by atoms with Crippen molar-refractivity contribution in [3.05, 3.63) is 211 Å². The first-order valence-electron chi connectivity index (χ1n) is 18.1. The molecule has 0 heterocycles. The van der Waals surface area contributed by atoms with Crippen molar-refractivity contribution in [2.24, 2.45) is 0 Å². The molecule has 0 atom stereocenters. The van der Waals surface area contributed by atoms with Gasteiger partial charge >= 0.3 is 0 Å². The fourth-order valence-corrected chi connectivity index (χ4v) is 8.13. The summed E-state index contributed by atoms with van der Waals surface area (Å²) in [5.74, 6) is 0. The van der Waals surface area contributed by atoms with Gasteiger partial charge in [0.2, 0.25) is 0 Å². The van der Waals surface area contributed by atoms with Crippen LogP contribution in [0.2, 0.25) is 0 Å². The summed E-state index contributed by atoms with van der Waals surface area (Å²) in [6, 6.07) is 72.8. The van der Waals surface area contributed by atoms with E-state index in [1.54, 1.807) is 0 Å². The minimum atomic E-state index is -0.0838. The smallest absolute Gasteiger partial charge is 0.0546 e. The summed E-state index contributed by atoms with van der Waals surface area (Å²) < 4.78 is 0. The number of nitrogens with zero attached hydrogens (tertiary/aromatic N) is 1. The Labute approximate surface area is 307 Å². The summed E-state index contributed by atoms with van der Waals surface area (Å²) >= 11 is 0. The molecule has 0 radical (unpaired) electrons. The molecular formula is C51H39N. The van der Waals surface area contributed by atoms with Crippen LogP contribution in [-0.4, -0.2) is 0 Å². The van der Waals surface area contributed by atoms with E-state index in [4.69, 9.17) is 0 Å². The number of benzene rings is 8. The van der Waals surface area contributed by atoms with Crippen molar-refractivity contribution in [1.29, 1.82) is 0 Å². The third-order valence-electron chi connectivity index (χ3n) is 10.7. The number of fused-ring (bicyclic) bond motifs is 3. The zero-order valence-electron chi connectivity index (χ0n) is 29.5. The highest BCUT2D eigenvalue weighted by Gasteiger charge is 2.37. The summed E-state index contributed by atoms with van der Waals surface area (Å²) in [6.45, 7) is 4.71. The molecule has 0 N–H and O–H groups in total. The zero-order chi connectivity index (χ0) is 35.1. The molecule has 1 heteroatoms. The normalized spacial score (nSPS) is 12.6. The second-order valence-corrected chi connectivity index (χ2v) is 14.1. The highest BCUT2D eigenvalue weighted by Crippen LogP contribution is 2.54. The van der Waals surface area contributed by atoms with Gasteiger partial charge in [0.25, 0.3) is 0 Å². The number of hydrogen-bond donors (Lipinski definition) is 0. The lowest BCUT2D eigenvalue weighted by atomic mass is 9.81. The van der Waals surface area contributed by atoms with Crippen LogP contribution in [-0.2, 0) is 5.41 Å². The lowest BCUT2D eigenvalue weighted by Gasteiger charge is -2.30. The van der Waals surface area contributed by atoms with E-state index in [-0.39, 0.29) is 5.41 Å². The fourth-order valence-electron chi connectivity index (χ4n) is 8.13. The van der Waals surface area contributed by atoms with Crippen LogP contribution in [0.25, 0.3) is 55.6 Å². The van der Waals surface area contributed by atoms with Crippen LogP contribution in [0.5, 0.6) is 0 Å². The average molecular weight is 666 g/mol. The van der Waals surface area contributed by atoms with Crippen LogP contribution < -0.4 is 4.90 Å². The summed E-state index contributed by atoms with van der Waals surface area (Å²) in [5.41, 5.74) is 18.4. The molecule has 9 rings (SSSR count). The standard InChI is InChI=1S/C51H39N/c1-51(2)46-25-13-12-22-45(46)50-44(23-14-26-47(50)51)43-24-15-27-48(49(43)40-20-10-5-11-21-40)52(41-32-28-38(29-33-41)36-16-6-3-7-17-36)42-34-30-39(31-35-42)37-18-8-4-9-19-37/h3-35H,1-2H3. The molecule has 0 spiro atoms. The second-order valence-electron chi connectivity index (χ2n) is 14.1. The summed E-state index contributed by atoms with van der Waals surface area (Å²) in [4.78, 5) is 2.43. The first kappa shape index (κ1) is 31.5. The average Bonchev–Trinajstić information content (AvgIpc) is 3.45. The minimum Gasteiger partial charge on any atom is -0.310 e. The molecule has 0 bridgehead atoms. The fraction of sp³-hybridized carbons (Fsp3) is 0.0588. The minimum absolute atomic E-state index is 0.0838. The van der Waals surface area contributed by atoms with Crippen molar-refractivity contribution < 1.29 is 0 Å². The second kappa shape index (κ2) is 13.0. The summed E-state index contributed by atoms with van der Waals surface area (Å²) in [6.07, 6.45) is 0. The van der Waals surface area contributed by atoms with E-state index < -0.39 is 0 Å². The van der Waals surface area contributed by atoms with E-state index in [9.17, 15) is 0 Å². The molecule has 1 aliphatic carbocycles. The third-order valence-corrected chi connectivity index (χ3v) is 10.7. The van der Waals surface area contributed by atoms with Gasteiger partial charge < -0.3 is 4.90 Å². The van der Waals surface area contributed by atoms with Gasteiger partial charge in [-0.05, 0) is 91.5 Å². The maximum absolute atomic E-state index is 2.43. The molecule has 52 heavy (non-hydrogen) atoms. The van der Waals surface area contributed by atoms with Gasteiger partial charge in [-0.3, -0.25) is 0 Å². The molecule has 0 aliphatic heterocycles. The van der Waals surface area contributed by atoms with Crippen molar-refractivity contribution in [1.82, 2.24) is 0 Å². The zero-order valence-corrected chi connectivity index (χ0v) is 29.5. The first-order valence-corrected chi connectivity index (χ1v) is 18.1. The maximum atomic E-state index is 2.43. The van der Waals surface area contributed by atoms with Crippen LogP contribution in [0.4, 0.5) is 17.1 Å². The van der Waals surface area contributed by atoms with Gasteiger partial charge in [-0.15, -0.1) is 0 Å². The van der Waals surface area contributed by atoms with Gasteiger partial charge in [-0.1, -0.05) is 184 Å². The van der Waals surface area contributed by atoms with Crippen molar-refractivity contribution in [2.45, 2.75) is 19.3 Å². The van der Waals surface area contributed by atoms with Crippen LogP contribution in [0.1, 0.15) is 25.0 Å². The SMILES string of the molecule is CC1(C)c2ccccc2-c2c(-c3cccc(N(c4ccc(-c5ccccc5)cc4)c4ccc(-c5ccccc5)cc4)c3-c3ccccc3)cccc21. The van der Waals surface area contributed by atoms with E-state index >= 15 is 0 Å². The molecule has 0 saturated heterocycles. The van der Waals surface area contributed by atoms with Gasteiger partial charge in [0.05, 0.1) is 5.69 Å². The Kier molecular flexibility index (Phi) is 7.90. The first-order chi connectivity index (χ1) is 25.6. The van der Waals surface area contributed by atoms with Gasteiger partial charge in [-0.2, -0.15) is 0 Å². The molecule has 8 aromatic rings. The molecule has 248 valence electrons. The molecule has 0 saturated carbocycles. The lowest BCUT2D eigenvalue weighted by molar-refractivity contribution is 0.660. The van der Waals surface area contributed by atoms with Gasteiger partial charge in [0, 0.05) is 22.4 Å². The van der Waals surface area contributed by atoms with E-state index in [1.807, 2.05) is 0 Å². The van der Waals surface area contributed by atoms with E-state index in [2.05, 4.69) is 219 Å².